The maximum atomic E-state index is 11.6. The van der Waals surface area contributed by atoms with Gasteiger partial charge in [-0.25, -0.2) is 4.79 Å². The van der Waals surface area contributed by atoms with E-state index in [9.17, 15) is 14.4 Å². The lowest BCUT2D eigenvalue weighted by atomic mass is 10.1. The van der Waals surface area contributed by atoms with Gasteiger partial charge in [-0.3, -0.25) is 9.59 Å². The number of carbonyl (C=O) groups excluding carboxylic acids is 2. The summed E-state index contributed by atoms with van der Waals surface area (Å²) in [5, 5.41) is 14.0. The second-order valence-corrected chi connectivity index (χ2v) is 4.58. The van der Waals surface area contributed by atoms with Gasteiger partial charge in [0.15, 0.2) is 5.76 Å². The monoisotopic (exact) mass is 296 g/mol. The Morgan fingerprint density at radius 1 is 1.38 bits per heavy atom. The molecule has 0 saturated carbocycles. The summed E-state index contributed by atoms with van der Waals surface area (Å²) < 4.78 is 4.90. The molecule has 0 spiro atoms. The summed E-state index contributed by atoms with van der Waals surface area (Å²) in [5.41, 5.74) is 0. The summed E-state index contributed by atoms with van der Waals surface area (Å²) in [5.74, 6) is -1.69. The largest absolute Gasteiger partial charge is 0.480 e. The quantitative estimate of drug-likeness (QED) is 0.633. The van der Waals surface area contributed by atoms with Crippen LogP contribution in [0.25, 0.3) is 0 Å². The fraction of sp³-hybridized carbons (Fsp3) is 0.500. The maximum Gasteiger partial charge on any atom is 0.326 e. The topological polar surface area (TPSA) is 109 Å². The van der Waals surface area contributed by atoms with Crippen molar-refractivity contribution in [1.82, 2.24) is 10.6 Å². The molecule has 0 aliphatic rings. The van der Waals surface area contributed by atoms with E-state index in [0.717, 1.165) is 12.8 Å². The predicted molar refractivity (Wildman–Crippen MR) is 74.7 cm³/mol. The Balaban J connectivity index is 2.29. The van der Waals surface area contributed by atoms with Gasteiger partial charge in [-0.1, -0.05) is 19.8 Å². The zero-order valence-corrected chi connectivity index (χ0v) is 11.9. The first-order valence-corrected chi connectivity index (χ1v) is 6.88. The van der Waals surface area contributed by atoms with Crippen LogP contribution in [0.3, 0.4) is 0 Å². The van der Waals surface area contributed by atoms with Crippen LogP contribution >= 0.6 is 0 Å². The number of unbranched alkanes of at least 4 members (excludes halogenated alkanes) is 1. The van der Waals surface area contributed by atoms with Crippen molar-refractivity contribution in [2.45, 2.75) is 38.6 Å². The average Bonchev–Trinajstić information content (AvgIpc) is 2.97. The minimum absolute atomic E-state index is 0.0162. The second-order valence-electron chi connectivity index (χ2n) is 4.58. The molecule has 0 unspecified atom stereocenters. The average molecular weight is 296 g/mol. The summed E-state index contributed by atoms with van der Waals surface area (Å²) in [6, 6.07) is 2.23. The molecule has 7 heteroatoms. The molecular formula is C14H20N2O5. The highest BCUT2D eigenvalue weighted by Gasteiger charge is 2.19. The van der Waals surface area contributed by atoms with Crippen LogP contribution in [-0.4, -0.2) is 35.5 Å². The van der Waals surface area contributed by atoms with E-state index < -0.39 is 23.8 Å². The van der Waals surface area contributed by atoms with Crippen LogP contribution in [0.4, 0.5) is 0 Å². The molecule has 0 saturated heterocycles. The molecule has 3 N–H and O–H groups in total. The van der Waals surface area contributed by atoms with Crippen molar-refractivity contribution < 1.29 is 23.9 Å². The van der Waals surface area contributed by atoms with Crippen molar-refractivity contribution in [1.29, 1.82) is 0 Å². The van der Waals surface area contributed by atoms with E-state index >= 15 is 0 Å². The molecule has 0 bridgehead atoms. The van der Waals surface area contributed by atoms with E-state index in [1.807, 2.05) is 6.92 Å². The maximum absolute atomic E-state index is 11.6. The highest BCUT2D eigenvalue weighted by molar-refractivity contribution is 5.91. The molecule has 1 aromatic heterocycles. The molecule has 1 heterocycles. The summed E-state index contributed by atoms with van der Waals surface area (Å²) in [7, 11) is 0. The minimum Gasteiger partial charge on any atom is -0.480 e. The smallest absolute Gasteiger partial charge is 0.326 e. The molecular weight excluding hydrogens is 276 g/mol. The molecule has 1 rings (SSSR count). The number of carboxylic acids is 1. The van der Waals surface area contributed by atoms with Crippen LogP contribution in [0.15, 0.2) is 22.8 Å². The fourth-order valence-corrected chi connectivity index (χ4v) is 1.72. The fourth-order valence-electron chi connectivity index (χ4n) is 1.72. The molecule has 1 atom stereocenters. The van der Waals surface area contributed by atoms with Gasteiger partial charge in [0, 0.05) is 13.0 Å². The lowest BCUT2D eigenvalue weighted by Crippen LogP contribution is -2.41. The number of rotatable bonds is 9. The zero-order chi connectivity index (χ0) is 15.7. The van der Waals surface area contributed by atoms with Crippen LogP contribution < -0.4 is 10.6 Å². The first-order chi connectivity index (χ1) is 10.0. The third kappa shape index (κ3) is 6.11. The Morgan fingerprint density at radius 2 is 2.14 bits per heavy atom. The second kappa shape index (κ2) is 8.78. The van der Waals surface area contributed by atoms with Gasteiger partial charge in [-0.2, -0.15) is 0 Å². The Morgan fingerprint density at radius 3 is 2.71 bits per heavy atom. The van der Waals surface area contributed by atoms with Crippen LogP contribution in [0, 0.1) is 0 Å². The number of hydrogen-bond donors (Lipinski definition) is 3. The van der Waals surface area contributed by atoms with E-state index in [4.69, 9.17) is 9.52 Å². The normalized spacial score (nSPS) is 11.7. The van der Waals surface area contributed by atoms with Crippen molar-refractivity contribution in [3.63, 3.8) is 0 Å². The number of furan rings is 1. The van der Waals surface area contributed by atoms with Gasteiger partial charge in [0.25, 0.3) is 5.91 Å². The molecule has 1 aromatic rings. The molecule has 2 amide bonds. The molecule has 0 aliphatic heterocycles. The standard InChI is InChI=1S/C14H20N2O5/c1-2-3-5-10(14(19)20)16-12(17)7-8-15-13(18)11-6-4-9-21-11/h4,6,9-10H,2-3,5,7-8H2,1H3,(H,15,18)(H,16,17)(H,19,20)/t10-/m0/s1. The van der Waals surface area contributed by atoms with E-state index in [1.165, 1.54) is 12.3 Å². The van der Waals surface area contributed by atoms with Gasteiger partial charge < -0.3 is 20.2 Å². The molecule has 116 valence electrons. The highest BCUT2D eigenvalue weighted by atomic mass is 16.4. The third-order valence-electron chi connectivity index (χ3n) is 2.86. The third-order valence-corrected chi connectivity index (χ3v) is 2.86. The van der Waals surface area contributed by atoms with Crippen molar-refractivity contribution in [3.05, 3.63) is 24.2 Å². The van der Waals surface area contributed by atoms with E-state index in [0.29, 0.717) is 6.42 Å². The van der Waals surface area contributed by atoms with Crippen molar-refractivity contribution >= 4 is 17.8 Å². The molecule has 0 fully saturated rings. The summed E-state index contributed by atoms with van der Waals surface area (Å²) in [6.45, 7) is 2.07. The lowest BCUT2D eigenvalue weighted by molar-refractivity contribution is -0.142. The van der Waals surface area contributed by atoms with Crippen LogP contribution in [-0.2, 0) is 9.59 Å². The highest BCUT2D eigenvalue weighted by Crippen LogP contribution is 2.02. The van der Waals surface area contributed by atoms with Gasteiger partial charge >= 0.3 is 5.97 Å². The van der Waals surface area contributed by atoms with Crippen molar-refractivity contribution in [2.75, 3.05) is 6.54 Å². The van der Waals surface area contributed by atoms with Gasteiger partial charge in [0.2, 0.25) is 5.91 Å². The summed E-state index contributed by atoms with van der Waals surface area (Å²) >= 11 is 0. The number of aliphatic carboxylic acids is 1. The minimum atomic E-state index is -1.04. The summed E-state index contributed by atoms with van der Waals surface area (Å²) in [4.78, 5) is 34.1. The summed E-state index contributed by atoms with van der Waals surface area (Å²) in [6.07, 6.45) is 3.39. The number of amides is 2. The first kappa shape index (κ1) is 16.7. The van der Waals surface area contributed by atoms with Crippen LogP contribution in [0.2, 0.25) is 0 Å². The van der Waals surface area contributed by atoms with Gasteiger partial charge in [0.05, 0.1) is 6.26 Å². The lowest BCUT2D eigenvalue weighted by Gasteiger charge is -2.14. The predicted octanol–water partition coefficient (Wildman–Crippen LogP) is 1.16. The van der Waals surface area contributed by atoms with Crippen LogP contribution in [0.5, 0.6) is 0 Å². The molecule has 21 heavy (non-hydrogen) atoms. The van der Waals surface area contributed by atoms with E-state index in [-0.39, 0.29) is 18.7 Å². The van der Waals surface area contributed by atoms with Crippen molar-refractivity contribution in [3.8, 4) is 0 Å². The first-order valence-electron chi connectivity index (χ1n) is 6.88. The molecule has 0 aliphatic carbocycles. The van der Waals surface area contributed by atoms with Crippen molar-refractivity contribution in [2.24, 2.45) is 0 Å². The molecule has 0 radical (unpaired) electrons. The molecule has 0 aromatic carbocycles. The van der Waals surface area contributed by atoms with E-state index in [2.05, 4.69) is 10.6 Å². The Bertz CT molecular complexity index is 470. The number of nitrogens with one attached hydrogen (secondary N) is 2. The number of carbonyl (C=O) groups is 3. The van der Waals surface area contributed by atoms with Crippen LogP contribution in [0.1, 0.15) is 43.2 Å². The van der Waals surface area contributed by atoms with Gasteiger partial charge in [-0.05, 0) is 18.6 Å². The number of carboxylic acid groups (broad SMARTS) is 1. The van der Waals surface area contributed by atoms with Gasteiger partial charge in [-0.15, -0.1) is 0 Å². The van der Waals surface area contributed by atoms with Gasteiger partial charge in [0.1, 0.15) is 6.04 Å². The zero-order valence-electron chi connectivity index (χ0n) is 11.9. The SMILES string of the molecule is CCCC[C@H](NC(=O)CCNC(=O)c1ccco1)C(=O)O. The number of hydrogen-bond acceptors (Lipinski definition) is 4. The Kier molecular flexibility index (Phi) is 7.00. The molecule has 7 nitrogen and oxygen atoms in total. The van der Waals surface area contributed by atoms with E-state index in [1.54, 1.807) is 6.07 Å². The Hall–Kier alpha value is -2.31. The Labute approximate surface area is 122 Å².